The largest absolute Gasteiger partial charge is 0.487 e. The third-order valence-corrected chi connectivity index (χ3v) is 6.06. The number of carbonyl (C=O) groups excluding carboxylic acids is 1. The zero-order chi connectivity index (χ0) is 24.9. The van der Waals surface area contributed by atoms with E-state index in [2.05, 4.69) is 15.2 Å². The molecule has 0 saturated carbocycles. The minimum atomic E-state index is -0.946. The van der Waals surface area contributed by atoms with Gasteiger partial charge in [0.25, 0.3) is 0 Å². The molecule has 0 spiro atoms. The van der Waals surface area contributed by atoms with Crippen LogP contribution in [0.4, 0.5) is 11.4 Å². The molecule has 2 heterocycles. The highest BCUT2D eigenvalue weighted by atomic mass is 16.5. The lowest BCUT2D eigenvalue weighted by Gasteiger charge is -2.41. The average Bonchev–Trinajstić information content (AvgIpc) is 2.87. The van der Waals surface area contributed by atoms with E-state index >= 15 is 0 Å². The van der Waals surface area contributed by atoms with Crippen molar-refractivity contribution in [1.29, 1.82) is 0 Å². The topological polar surface area (TPSA) is 91.8 Å². The minimum absolute atomic E-state index is 0.0122. The van der Waals surface area contributed by atoms with Gasteiger partial charge in [0, 0.05) is 17.4 Å². The number of ether oxygens (including phenoxy) is 1. The quantitative estimate of drug-likeness (QED) is 0.374. The second-order valence-corrected chi connectivity index (χ2v) is 8.63. The Hall–Kier alpha value is -4.65. The monoisotopic (exact) mass is 479 g/mol. The van der Waals surface area contributed by atoms with Gasteiger partial charge in [0.15, 0.2) is 0 Å². The van der Waals surface area contributed by atoms with Gasteiger partial charge in [-0.15, -0.1) is 0 Å². The van der Waals surface area contributed by atoms with E-state index in [1.54, 1.807) is 36.7 Å². The zero-order valence-corrected chi connectivity index (χ0v) is 19.5. The van der Waals surface area contributed by atoms with E-state index in [1.165, 1.54) is 0 Å². The van der Waals surface area contributed by atoms with Crippen molar-refractivity contribution in [3.63, 3.8) is 0 Å². The first-order valence-corrected chi connectivity index (χ1v) is 11.7. The van der Waals surface area contributed by atoms with Gasteiger partial charge in [-0.2, -0.15) is 0 Å². The maximum Gasteiger partial charge on any atom is 0.336 e. The lowest BCUT2D eigenvalue weighted by Crippen LogP contribution is -2.54. The summed E-state index contributed by atoms with van der Waals surface area (Å²) < 4.78 is 6.11. The minimum Gasteiger partial charge on any atom is -0.487 e. The van der Waals surface area contributed by atoms with E-state index < -0.39 is 5.97 Å². The van der Waals surface area contributed by atoms with Crippen LogP contribution in [0.2, 0.25) is 0 Å². The van der Waals surface area contributed by atoms with Crippen LogP contribution in [0.15, 0.2) is 97.3 Å². The predicted octanol–water partition coefficient (Wildman–Crippen LogP) is 4.90. The molecule has 7 heteroatoms. The Balaban J connectivity index is 1.20. The number of aromatic carboxylic acids is 1. The molecule has 7 nitrogen and oxygen atoms in total. The summed E-state index contributed by atoms with van der Waals surface area (Å²) in [6.45, 7) is 1.30. The Morgan fingerprint density at radius 1 is 0.944 bits per heavy atom. The first kappa shape index (κ1) is 23.1. The SMILES string of the molecule is O=C(Cc1ccc(OC2CN(c3cccc(C(=O)O)c3-c3ccccc3)C2)cc1)Nc1cccnc1. The molecule has 36 heavy (non-hydrogen) atoms. The highest BCUT2D eigenvalue weighted by Crippen LogP contribution is 2.37. The summed E-state index contributed by atoms with van der Waals surface area (Å²) in [5.74, 6) is -0.319. The van der Waals surface area contributed by atoms with Crippen molar-refractivity contribution in [2.75, 3.05) is 23.3 Å². The Morgan fingerprint density at radius 3 is 2.42 bits per heavy atom. The summed E-state index contributed by atoms with van der Waals surface area (Å²) in [5.41, 5.74) is 4.32. The molecule has 5 rings (SSSR count). The molecule has 0 atom stereocenters. The molecule has 4 aromatic rings. The molecule has 1 fully saturated rings. The zero-order valence-electron chi connectivity index (χ0n) is 19.5. The molecule has 1 saturated heterocycles. The molecule has 3 aromatic carbocycles. The number of anilines is 2. The lowest BCUT2D eigenvalue weighted by atomic mass is 9.95. The van der Waals surface area contributed by atoms with Gasteiger partial charge in [0.1, 0.15) is 11.9 Å². The first-order chi connectivity index (χ1) is 17.6. The summed E-state index contributed by atoms with van der Waals surface area (Å²) in [7, 11) is 0. The van der Waals surface area contributed by atoms with Crippen LogP contribution in [0.5, 0.6) is 5.75 Å². The number of carboxylic acid groups (broad SMARTS) is 1. The Bertz CT molecular complexity index is 1350. The highest BCUT2D eigenvalue weighted by molar-refractivity contribution is 6.00. The molecular weight excluding hydrogens is 454 g/mol. The molecule has 1 aliphatic rings. The molecule has 0 unspecified atom stereocenters. The number of amides is 1. The maximum atomic E-state index is 12.3. The van der Waals surface area contributed by atoms with E-state index in [1.807, 2.05) is 60.7 Å². The number of carboxylic acids is 1. The van der Waals surface area contributed by atoms with Crippen LogP contribution in [0.3, 0.4) is 0 Å². The number of hydrogen-bond acceptors (Lipinski definition) is 5. The number of nitrogens with zero attached hydrogens (tertiary/aromatic N) is 2. The molecular formula is C29H25N3O4. The van der Waals surface area contributed by atoms with Crippen LogP contribution in [0, 0.1) is 0 Å². The number of aromatic nitrogens is 1. The van der Waals surface area contributed by atoms with Crippen LogP contribution in [-0.4, -0.2) is 41.2 Å². The van der Waals surface area contributed by atoms with Crippen molar-refractivity contribution >= 4 is 23.3 Å². The number of pyridine rings is 1. The normalized spacial score (nSPS) is 13.1. The van der Waals surface area contributed by atoms with Crippen LogP contribution < -0.4 is 15.0 Å². The van der Waals surface area contributed by atoms with Gasteiger partial charge in [-0.25, -0.2) is 4.79 Å². The van der Waals surface area contributed by atoms with E-state index in [0.29, 0.717) is 18.8 Å². The molecule has 180 valence electrons. The summed E-state index contributed by atoms with van der Waals surface area (Å²) in [6, 6.07) is 26.0. The standard InChI is InChI=1S/C29H25N3O4/c33-27(31-22-8-5-15-30-17-22)16-20-11-13-23(14-12-20)36-24-18-32(19-24)26-10-4-9-25(29(34)35)28(26)21-6-2-1-3-7-21/h1-15,17,24H,16,18-19H2,(H,31,33)(H,34,35). The second-order valence-electron chi connectivity index (χ2n) is 8.63. The second kappa shape index (κ2) is 10.3. The van der Waals surface area contributed by atoms with Crippen LogP contribution >= 0.6 is 0 Å². The van der Waals surface area contributed by atoms with Gasteiger partial charge >= 0.3 is 5.97 Å². The van der Waals surface area contributed by atoms with Crippen molar-refractivity contribution in [2.24, 2.45) is 0 Å². The van der Waals surface area contributed by atoms with Crippen molar-refractivity contribution < 1.29 is 19.4 Å². The average molecular weight is 480 g/mol. The van der Waals surface area contributed by atoms with Crippen molar-refractivity contribution in [1.82, 2.24) is 4.98 Å². The number of benzene rings is 3. The van der Waals surface area contributed by atoms with E-state index in [4.69, 9.17) is 4.74 Å². The third-order valence-electron chi connectivity index (χ3n) is 6.06. The Labute approximate surface area is 209 Å². The van der Waals surface area contributed by atoms with Crippen LogP contribution in [0.1, 0.15) is 15.9 Å². The molecule has 2 N–H and O–H groups in total. The van der Waals surface area contributed by atoms with Gasteiger partial charge in [-0.05, 0) is 47.5 Å². The van der Waals surface area contributed by atoms with Crippen molar-refractivity contribution in [3.05, 3.63) is 108 Å². The summed E-state index contributed by atoms with van der Waals surface area (Å²) in [5, 5.41) is 12.6. The molecule has 0 aliphatic carbocycles. The number of nitrogens with one attached hydrogen (secondary N) is 1. The number of carbonyl (C=O) groups is 2. The summed E-state index contributed by atoms with van der Waals surface area (Å²) in [4.78, 5) is 30.3. The van der Waals surface area contributed by atoms with Gasteiger partial charge in [-0.1, -0.05) is 48.5 Å². The van der Waals surface area contributed by atoms with Gasteiger partial charge in [-0.3, -0.25) is 9.78 Å². The fraction of sp³-hybridized carbons (Fsp3) is 0.138. The van der Waals surface area contributed by atoms with Gasteiger partial charge in [0.2, 0.25) is 5.91 Å². The number of rotatable bonds is 8. The first-order valence-electron chi connectivity index (χ1n) is 11.7. The van der Waals surface area contributed by atoms with Crippen LogP contribution in [0.25, 0.3) is 11.1 Å². The Kier molecular flexibility index (Phi) is 6.62. The number of hydrogen-bond donors (Lipinski definition) is 2. The maximum absolute atomic E-state index is 12.3. The van der Waals surface area contributed by atoms with Crippen molar-refractivity contribution in [2.45, 2.75) is 12.5 Å². The lowest BCUT2D eigenvalue weighted by molar-refractivity contribution is -0.115. The third kappa shape index (κ3) is 5.20. The summed E-state index contributed by atoms with van der Waals surface area (Å²) in [6.07, 6.45) is 3.51. The van der Waals surface area contributed by atoms with E-state index in [9.17, 15) is 14.7 Å². The molecule has 1 amide bonds. The van der Waals surface area contributed by atoms with Gasteiger partial charge < -0.3 is 20.1 Å². The highest BCUT2D eigenvalue weighted by Gasteiger charge is 2.31. The Morgan fingerprint density at radius 2 is 1.72 bits per heavy atom. The van der Waals surface area contributed by atoms with E-state index in [0.717, 1.165) is 28.1 Å². The molecule has 0 bridgehead atoms. The fourth-order valence-electron chi connectivity index (χ4n) is 4.31. The molecule has 1 aromatic heterocycles. The van der Waals surface area contributed by atoms with E-state index in [-0.39, 0.29) is 24.0 Å². The fourth-order valence-corrected chi connectivity index (χ4v) is 4.31. The molecule has 1 aliphatic heterocycles. The van der Waals surface area contributed by atoms with Crippen LogP contribution in [-0.2, 0) is 11.2 Å². The van der Waals surface area contributed by atoms with Crippen molar-refractivity contribution in [3.8, 4) is 16.9 Å². The predicted molar refractivity (Wildman–Crippen MR) is 138 cm³/mol. The summed E-state index contributed by atoms with van der Waals surface area (Å²) >= 11 is 0. The molecule has 0 radical (unpaired) electrons. The smallest absolute Gasteiger partial charge is 0.336 e. The van der Waals surface area contributed by atoms with Gasteiger partial charge in [0.05, 0.1) is 37.0 Å².